The summed E-state index contributed by atoms with van der Waals surface area (Å²) in [6, 6.07) is 4.98. The van der Waals surface area contributed by atoms with Crippen LogP contribution in [0.3, 0.4) is 0 Å². The van der Waals surface area contributed by atoms with Gasteiger partial charge in [0.2, 0.25) is 0 Å². The van der Waals surface area contributed by atoms with E-state index in [-0.39, 0.29) is 5.69 Å². The largest absolute Gasteiger partial charge is 0.448 e. The molecular weight excluding hydrogens is 263 g/mol. The number of oxazole rings is 1. The molecule has 0 aliphatic carbocycles. The summed E-state index contributed by atoms with van der Waals surface area (Å²) < 4.78 is 4.95. The third-order valence-corrected chi connectivity index (χ3v) is 2.87. The highest BCUT2D eigenvalue weighted by molar-refractivity contribution is 6.44. The summed E-state index contributed by atoms with van der Waals surface area (Å²) in [5.74, 6) is 0.0263. The molecule has 0 unspecified atom stereocenters. The second kappa shape index (κ2) is 4.77. The van der Waals surface area contributed by atoms with Crippen molar-refractivity contribution in [2.24, 2.45) is 0 Å². The third-order valence-electron chi connectivity index (χ3n) is 2.05. The highest BCUT2D eigenvalue weighted by Crippen LogP contribution is 2.29. The first-order valence-electron chi connectivity index (χ1n) is 4.75. The van der Waals surface area contributed by atoms with Gasteiger partial charge in [-0.3, -0.25) is 4.79 Å². The summed E-state index contributed by atoms with van der Waals surface area (Å²) in [5, 5.41) is 3.27. The lowest BCUT2D eigenvalue weighted by Crippen LogP contribution is -2.12. The zero-order valence-electron chi connectivity index (χ0n) is 8.83. The number of carbonyl (C=O) groups excluding carboxylic acids is 1. The molecule has 2 rings (SSSR count). The molecule has 4 nitrogen and oxygen atoms in total. The summed E-state index contributed by atoms with van der Waals surface area (Å²) in [6.45, 7) is 1.66. The van der Waals surface area contributed by atoms with Gasteiger partial charge in [-0.2, -0.15) is 0 Å². The van der Waals surface area contributed by atoms with Crippen LogP contribution in [-0.2, 0) is 0 Å². The number of halogens is 2. The van der Waals surface area contributed by atoms with E-state index in [4.69, 9.17) is 27.6 Å². The molecule has 1 aromatic carbocycles. The van der Waals surface area contributed by atoms with E-state index in [0.29, 0.717) is 21.6 Å². The Hall–Kier alpha value is -1.52. The molecule has 0 radical (unpaired) electrons. The van der Waals surface area contributed by atoms with E-state index >= 15 is 0 Å². The minimum absolute atomic E-state index is 0.193. The van der Waals surface area contributed by atoms with Crippen molar-refractivity contribution < 1.29 is 9.21 Å². The minimum atomic E-state index is -0.397. The lowest BCUT2D eigenvalue weighted by Gasteiger charge is -2.06. The lowest BCUT2D eigenvalue weighted by molar-refractivity contribution is 0.102. The fourth-order valence-electron chi connectivity index (χ4n) is 1.25. The Morgan fingerprint density at radius 3 is 2.82 bits per heavy atom. The number of rotatable bonds is 2. The quantitative estimate of drug-likeness (QED) is 0.908. The van der Waals surface area contributed by atoms with E-state index in [1.165, 1.54) is 6.26 Å². The number of anilines is 1. The van der Waals surface area contributed by atoms with Crippen molar-refractivity contribution in [3.8, 4) is 0 Å². The van der Waals surface area contributed by atoms with Crippen LogP contribution in [0.4, 0.5) is 5.69 Å². The van der Waals surface area contributed by atoms with Crippen LogP contribution < -0.4 is 5.32 Å². The van der Waals surface area contributed by atoms with Crippen LogP contribution in [-0.4, -0.2) is 10.9 Å². The van der Waals surface area contributed by atoms with Crippen LogP contribution >= 0.6 is 23.2 Å². The van der Waals surface area contributed by atoms with Crippen LogP contribution in [0, 0.1) is 6.92 Å². The molecule has 88 valence electrons. The molecule has 1 N–H and O–H groups in total. The number of hydrogen-bond donors (Lipinski definition) is 1. The van der Waals surface area contributed by atoms with Gasteiger partial charge in [0.1, 0.15) is 6.26 Å². The molecule has 0 fully saturated rings. The Balaban J connectivity index is 2.21. The monoisotopic (exact) mass is 270 g/mol. The summed E-state index contributed by atoms with van der Waals surface area (Å²) in [6.07, 6.45) is 1.28. The van der Waals surface area contributed by atoms with Gasteiger partial charge in [-0.25, -0.2) is 4.98 Å². The average molecular weight is 271 g/mol. The van der Waals surface area contributed by atoms with Gasteiger partial charge in [-0.05, 0) is 12.1 Å². The standard InChI is InChI=1S/C11H8Cl2N2O2/c1-6-14-9(5-17-6)11(16)15-8-4-2-3-7(12)10(8)13/h2-5H,1H3,(H,15,16). The number of amides is 1. The van der Waals surface area contributed by atoms with Gasteiger partial charge in [-0.1, -0.05) is 29.3 Å². The molecular formula is C11H8Cl2N2O2. The molecule has 0 saturated carbocycles. The predicted molar refractivity (Wildman–Crippen MR) is 65.7 cm³/mol. The van der Waals surface area contributed by atoms with Crippen LogP contribution in [0.5, 0.6) is 0 Å². The average Bonchev–Trinajstić information content (AvgIpc) is 2.72. The Morgan fingerprint density at radius 1 is 1.41 bits per heavy atom. The van der Waals surface area contributed by atoms with Gasteiger partial charge in [0.15, 0.2) is 11.6 Å². The molecule has 1 heterocycles. The molecule has 0 spiro atoms. The fraction of sp³-hybridized carbons (Fsp3) is 0.0909. The highest BCUT2D eigenvalue weighted by Gasteiger charge is 2.13. The van der Waals surface area contributed by atoms with Gasteiger partial charge in [0.05, 0.1) is 15.7 Å². The Kier molecular flexibility index (Phi) is 3.36. The van der Waals surface area contributed by atoms with Crippen molar-refractivity contribution in [1.82, 2.24) is 4.98 Å². The second-order valence-corrected chi connectivity index (χ2v) is 4.09. The molecule has 2 aromatic rings. The first-order chi connectivity index (χ1) is 8.08. The molecule has 1 amide bonds. The number of carbonyl (C=O) groups is 1. The smallest absolute Gasteiger partial charge is 0.277 e. The highest BCUT2D eigenvalue weighted by atomic mass is 35.5. The van der Waals surface area contributed by atoms with Crippen molar-refractivity contribution in [1.29, 1.82) is 0 Å². The number of nitrogens with one attached hydrogen (secondary N) is 1. The first-order valence-corrected chi connectivity index (χ1v) is 5.51. The number of aryl methyl sites for hydroxylation is 1. The maximum Gasteiger partial charge on any atom is 0.277 e. The molecule has 17 heavy (non-hydrogen) atoms. The zero-order chi connectivity index (χ0) is 12.4. The molecule has 1 aromatic heterocycles. The van der Waals surface area contributed by atoms with Crippen LogP contribution in [0.15, 0.2) is 28.9 Å². The van der Waals surface area contributed by atoms with Crippen molar-refractivity contribution in [3.63, 3.8) is 0 Å². The first kappa shape index (κ1) is 12.0. The van der Waals surface area contributed by atoms with E-state index in [0.717, 1.165) is 0 Å². The molecule has 0 saturated heterocycles. The topological polar surface area (TPSA) is 55.1 Å². The summed E-state index contributed by atoms with van der Waals surface area (Å²) in [5.41, 5.74) is 0.628. The molecule has 0 aliphatic heterocycles. The number of benzene rings is 1. The van der Waals surface area contributed by atoms with Crippen LogP contribution in [0.25, 0.3) is 0 Å². The predicted octanol–water partition coefficient (Wildman–Crippen LogP) is 3.54. The van der Waals surface area contributed by atoms with Crippen molar-refractivity contribution in [2.45, 2.75) is 6.92 Å². The number of hydrogen-bond acceptors (Lipinski definition) is 3. The number of nitrogens with zero attached hydrogens (tertiary/aromatic N) is 1. The zero-order valence-corrected chi connectivity index (χ0v) is 10.3. The van der Waals surface area contributed by atoms with E-state index in [1.54, 1.807) is 25.1 Å². The minimum Gasteiger partial charge on any atom is -0.448 e. The molecule has 0 bridgehead atoms. The number of aromatic nitrogens is 1. The van der Waals surface area contributed by atoms with E-state index in [1.807, 2.05) is 0 Å². The Morgan fingerprint density at radius 2 is 2.18 bits per heavy atom. The van der Waals surface area contributed by atoms with E-state index < -0.39 is 5.91 Å². The molecule has 0 atom stereocenters. The van der Waals surface area contributed by atoms with Crippen molar-refractivity contribution in [3.05, 3.63) is 46.1 Å². The van der Waals surface area contributed by atoms with E-state index in [9.17, 15) is 4.79 Å². The van der Waals surface area contributed by atoms with Gasteiger partial charge >= 0.3 is 0 Å². The third kappa shape index (κ3) is 2.60. The maximum atomic E-state index is 11.8. The van der Waals surface area contributed by atoms with E-state index in [2.05, 4.69) is 10.3 Å². The molecule has 6 heteroatoms. The van der Waals surface area contributed by atoms with Crippen molar-refractivity contribution >= 4 is 34.8 Å². The summed E-state index contributed by atoms with van der Waals surface area (Å²) in [7, 11) is 0. The normalized spacial score (nSPS) is 10.3. The lowest BCUT2D eigenvalue weighted by atomic mass is 10.3. The van der Waals surface area contributed by atoms with Gasteiger partial charge < -0.3 is 9.73 Å². The second-order valence-electron chi connectivity index (χ2n) is 3.31. The van der Waals surface area contributed by atoms with Crippen LogP contribution in [0.2, 0.25) is 10.0 Å². The van der Waals surface area contributed by atoms with Gasteiger partial charge in [0.25, 0.3) is 5.91 Å². The van der Waals surface area contributed by atoms with Gasteiger partial charge in [0, 0.05) is 6.92 Å². The van der Waals surface area contributed by atoms with Crippen molar-refractivity contribution in [2.75, 3.05) is 5.32 Å². The Labute approximate surface area is 108 Å². The Bertz CT molecular complexity index is 566. The summed E-state index contributed by atoms with van der Waals surface area (Å²) >= 11 is 11.8. The fourth-order valence-corrected chi connectivity index (χ4v) is 1.60. The SMILES string of the molecule is Cc1nc(C(=O)Nc2cccc(Cl)c2Cl)co1. The van der Waals surface area contributed by atoms with Crippen LogP contribution in [0.1, 0.15) is 16.4 Å². The maximum absolute atomic E-state index is 11.8. The summed E-state index contributed by atoms with van der Waals surface area (Å²) in [4.78, 5) is 15.7. The molecule has 0 aliphatic rings. The van der Waals surface area contributed by atoms with Gasteiger partial charge in [-0.15, -0.1) is 0 Å².